The maximum absolute atomic E-state index is 12.9. The molecule has 0 atom stereocenters. The summed E-state index contributed by atoms with van der Waals surface area (Å²) < 4.78 is 0. The van der Waals surface area contributed by atoms with Crippen LogP contribution in [-0.4, -0.2) is 23.3 Å². The molecular weight excluding hydrogens is 372 g/mol. The number of benzene rings is 3. The largest absolute Gasteiger partial charge is 0.335 e. The predicted octanol–water partition coefficient (Wildman–Crippen LogP) is 4.93. The minimum absolute atomic E-state index is 0.0271. The first-order valence-corrected chi connectivity index (χ1v) is 10.0. The van der Waals surface area contributed by atoms with E-state index in [2.05, 4.69) is 17.4 Å². The zero-order valence-corrected chi connectivity index (χ0v) is 17.1. The third-order valence-electron chi connectivity index (χ3n) is 4.69. The van der Waals surface area contributed by atoms with E-state index in [4.69, 9.17) is 0 Å². The first kappa shape index (κ1) is 21.1. The van der Waals surface area contributed by atoms with Crippen molar-refractivity contribution in [2.75, 3.05) is 11.9 Å². The van der Waals surface area contributed by atoms with Gasteiger partial charge in [0.1, 0.15) is 0 Å². The van der Waals surface area contributed by atoms with Gasteiger partial charge in [0.15, 0.2) is 0 Å². The van der Waals surface area contributed by atoms with Gasteiger partial charge in [-0.15, -0.1) is 0 Å². The summed E-state index contributed by atoms with van der Waals surface area (Å²) in [5.74, 6) is -0.135. The molecule has 0 radical (unpaired) electrons. The number of hydrogen-bond donors (Lipinski definition) is 1. The van der Waals surface area contributed by atoms with Crippen LogP contribution in [0.5, 0.6) is 0 Å². The van der Waals surface area contributed by atoms with Gasteiger partial charge in [-0.2, -0.15) is 0 Å². The smallest absolute Gasteiger partial charge is 0.246 e. The molecule has 0 saturated heterocycles. The molecule has 3 aromatic carbocycles. The predicted molar refractivity (Wildman–Crippen MR) is 122 cm³/mol. The van der Waals surface area contributed by atoms with Crippen LogP contribution < -0.4 is 5.32 Å². The average Bonchev–Trinajstić information content (AvgIpc) is 2.77. The molecule has 2 amide bonds. The Kier molecular flexibility index (Phi) is 7.56. The van der Waals surface area contributed by atoms with Crippen molar-refractivity contribution in [3.05, 3.63) is 108 Å². The molecule has 30 heavy (non-hydrogen) atoms. The van der Waals surface area contributed by atoms with Crippen molar-refractivity contribution in [2.24, 2.45) is 0 Å². The van der Waals surface area contributed by atoms with Crippen molar-refractivity contribution in [3.8, 4) is 0 Å². The highest BCUT2D eigenvalue weighted by molar-refractivity contribution is 5.92. The van der Waals surface area contributed by atoms with E-state index in [9.17, 15) is 9.59 Å². The third kappa shape index (κ3) is 6.74. The van der Waals surface area contributed by atoms with Gasteiger partial charge in [0, 0.05) is 31.8 Å². The molecule has 4 nitrogen and oxygen atoms in total. The Balaban J connectivity index is 1.68. The van der Waals surface area contributed by atoms with E-state index in [1.807, 2.05) is 77.7 Å². The standard InChI is InChI=1S/C26H26N2O2/c1-21(29)27-25-15-12-23(13-16-25)14-17-26(30)28(20-24-10-6-3-7-11-24)19-18-22-8-4-2-5-9-22/h2-17H,18-20H2,1H3,(H,27,29)/b17-14+. The van der Waals surface area contributed by atoms with Crippen LogP contribution in [0.3, 0.4) is 0 Å². The van der Waals surface area contributed by atoms with Gasteiger partial charge in [0.2, 0.25) is 11.8 Å². The van der Waals surface area contributed by atoms with E-state index >= 15 is 0 Å². The fourth-order valence-electron chi connectivity index (χ4n) is 3.13. The molecule has 0 heterocycles. The third-order valence-corrected chi connectivity index (χ3v) is 4.69. The maximum atomic E-state index is 12.9. The highest BCUT2D eigenvalue weighted by Gasteiger charge is 2.11. The average molecular weight is 399 g/mol. The summed E-state index contributed by atoms with van der Waals surface area (Å²) in [4.78, 5) is 25.9. The molecule has 0 aliphatic carbocycles. The van der Waals surface area contributed by atoms with Crippen LogP contribution in [0.25, 0.3) is 6.08 Å². The van der Waals surface area contributed by atoms with Crippen LogP contribution >= 0.6 is 0 Å². The number of carbonyl (C=O) groups excluding carboxylic acids is 2. The zero-order chi connectivity index (χ0) is 21.2. The van der Waals surface area contributed by atoms with Crippen molar-refractivity contribution >= 4 is 23.6 Å². The van der Waals surface area contributed by atoms with Gasteiger partial charge >= 0.3 is 0 Å². The Bertz CT molecular complexity index is 981. The van der Waals surface area contributed by atoms with Crippen LogP contribution in [0.4, 0.5) is 5.69 Å². The first-order chi connectivity index (χ1) is 14.6. The summed E-state index contributed by atoms with van der Waals surface area (Å²) in [6.07, 6.45) is 4.22. The maximum Gasteiger partial charge on any atom is 0.246 e. The van der Waals surface area contributed by atoms with Crippen LogP contribution in [0.2, 0.25) is 0 Å². The minimum Gasteiger partial charge on any atom is -0.335 e. The number of anilines is 1. The topological polar surface area (TPSA) is 49.4 Å². The summed E-state index contributed by atoms with van der Waals surface area (Å²) in [6, 6.07) is 27.6. The molecular formula is C26H26N2O2. The summed E-state index contributed by atoms with van der Waals surface area (Å²) in [7, 11) is 0. The van der Waals surface area contributed by atoms with Crippen molar-refractivity contribution in [2.45, 2.75) is 19.9 Å². The number of amides is 2. The van der Waals surface area contributed by atoms with Crippen molar-refractivity contribution in [1.82, 2.24) is 4.90 Å². The molecule has 0 aliphatic rings. The Hall–Kier alpha value is -3.66. The lowest BCUT2D eigenvalue weighted by Gasteiger charge is -2.21. The van der Waals surface area contributed by atoms with Crippen molar-refractivity contribution in [3.63, 3.8) is 0 Å². The van der Waals surface area contributed by atoms with Gasteiger partial charge in [0.25, 0.3) is 0 Å². The Morgan fingerprint density at radius 1 is 0.833 bits per heavy atom. The Morgan fingerprint density at radius 2 is 1.43 bits per heavy atom. The molecule has 4 heteroatoms. The summed E-state index contributed by atoms with van der Waals surface area (Å²) in [6.45, 7) is 2.69. The second-order valence-electron chi connectivity index (χ2n) is 7.12. The summed E-state index contributed by atoms with van der Waals surface area (Å²) >= 11 is 0. The SMILES string of the molecule is CC(=O)Nc1ccc(/C=C/C(=O)N(CCc2ccccc2)Cc2ccccc2)cc1. The molecule has 0 aliphatic heterocycles. The Labute approximate surface area is 177 Å². The molecule has 0 bridgehead atoms. The van der Waals surface area contributed by atoms with E-state index in [0.29, 0.717) is 13.1 Å². The van der Waals surface area contributed by atoms with Gasteiger partial charge in [0.05, 0.1) is 0 Å². The number of rotatable bonds is 8. The lowest BCUT2D eigenvalue weighted by Crippen LogP contribution is -2.31. The fourth-order valence-corrected chi connectivity index (χ4v) is 3.13. The number of carbonyl (C=O) groups is 2. The molecule has 3 aromatic rings. The minimum atomic E-state index is -0.108. The normalized spacial score (nSPS) is 10.7. The second-order valence-corrected chi connectivity index (χ2v) is 7.12. The lowest BCUT2D eigenvalue weighted by molar-refractivity contribution is -0.126. The molecule has 152 valence electrons. The highest BCUT2D eigenvalue weighted by atomic mass is 16.2. The molecule has 0 aromatic heterocycles. The molecule has 0 spiro atoms. The van der Waals surface area contributed by atoms with Gasteiger partial charge in [-0.3, -0.25) is 9.59 Å². The van der Waals surface area contributed by atoms with Crippen LogP contribution in [0.15, 0.2) is 91.0 Å². The van der Waals surface area contributed by atoms with Gasteiger partial charge in [-0.05, 0) is 41.3 Å². The van der Waals surface area contributed by atoms with E-state index < -0.39 is 0 Å². The number of hydrogen-bond acceptors (Lipinski definition) is 2. The second kappa shape index (κ2) is 10.8. The number of nitrogens with zero attached hydrogens (tertiary/aromatic N) is 1. The van der Waals surface area contributed by atoms with Crippen molar-refractivity contribution < 1.29 is 9.59 Å². The van der Waals surface area contributed by atoms with E-state index in [1.54, 1.807) is 12.2 Å². The number of nitrogens with one attached hydrogen (secondary N) is 1. The highest BCUT2D eigenvalue weighted by Crippen LogP contribution is 2.12. The van der Waals surface area contributed by atoms with Crippen LogP contribution in [0.1, 0.15) is 23.6 Å². The van der Waals surface area contributed by atoms with Gasteiger partial charge in [-0.1, -0.05) is 72.8 Å². The van der Waals surface area contributed by atoms with Crippen LogP contribution in [0, 0.1) is 0 Å². The van der Waals surface area contributed by atoms with E-state index in [1.165, 1.54) is 12.5 Å². The molecule has 0 fully saturated rings. The van der Waals surface area contributed by atoms with Gasteiger partial charge < -0.3 is 10.2 Å². The Morgan fingerprint density at radius 3 is 2.03 bits per heavy atom. The molecule has 0 saturated carbocycles. The van der Waals surface area contributed by atoms with Gasteiger partial charge in [-0.25, -0.2) is 0 Å². The summed E-state index contributed by atoms with van der Waals surface area (Å²) in [5.41, 5.74) is 3.95. The lowest BCUT2D eigenvalue weighted by atomic mass is 10.1. The fraction of sp³-hybridized carbons (Fsp3) is 0.154. The van der Waals surface area contributed by atoms with E-state index in [0.717, 1.165) is 23.2 Å². The van der Waals surface area contributed by atoms with Crippen molar-refractivity contribution in [1.29, 1.82) is 0 Å². The van der Waals surface area contributed by atoms with Crippen LogP contribution in [-0.2, 0) is 22.6 Å². The molecule has 1 N–H and O–H groups in total. The zero-order valence-electron chi connectivity index (χ0n) is 17.1. The summed E-state index contributed by atoms with van der Waals surface area (Å²) in [5, 5.41) is 2.74. The molecule has 0 unspecified atom stereocenters. The van der Waals surface area contributed by atoms with E-state index in [-0.39, 0.29) is 11.8 Å². The monoisotopic (exact) mass is 398 g/mol. The quantitative estimate of drug-likeness (QED) is 0.547. The molecule has 3 rings (SSSR count). The first-order valence-electron chi connectivity index (χ1n) is 10.0.